The van der Waals surface area contributed by atoms with Crippen LogP contribution in [0, 0.1) is 0 Å². The molecule has 2 aromatic rings. The fraction of sp³-hybridized carbons (Fsp3) is 0.417. The van der Waals surface area contributed by atoms with Crippen molar-refractivity contribution in [3.8, 4) is 5.95 Å². The van der Waals surface area contributed by atoms with E-state index in [1.807, 2.05) is 6.92 Å². The van der Waals surface area contributed by atoms with Crippen molar-refractivity contribution < 1.29 is 9.53 Å². The number of methoxy groups -OCH3 is 1. The van der Waals surface area contributed by atoms with Crippen LogP contribution in [0.5, 0.6) is 0 Å². The molecule has 0 saturated heterocycles. The van der Waals surface area contributed by atoms with Crippen molar-refractivity contribution in [3.63, 3.8) is 0 Å². The molecule has 9 nitrogen and oxygen atoms in total. The molecule has 0 aliphatic carbocycles. The minimum atomic E-state index is -0.293. The van der Waals surface area contributed by atoms with Crippen molar-refractivity contribution in [2.24, 2.45) is 0 Å². The molecule has 0 spiro atoms. The van der Waals surface area contributed by atoms with Gasteiger partial charge in [0.05, 0.1) is 13.5 Å². The summed E-state index contributed by atoms with van der Waals surface area (Å²) in [6.45, 7) is 3.02. The number of carbonyl (C=O) groups excluding carboxylic acids is 1. The van der Waals surface area contributed by atoms with Gasteiger partial charge in [-0.15, -0.1) is 0 Å². The van der Waals surface area contributed by atoms with E-state index < -0.39 is 0 Å². The molecule has 2 N–H and O–H groups in total. The lowest BCUT2D eigenvalue weighted by Crippen LogP contribution is -2.15. The molecule has 9 heteroatoms. The van der Waals surface area contributed by atoms with Crippen molar-refractivity contribution in [3.05, 3.63) is 18.7 Å². The number of carbonyl (C=O) groups is 1. The number of hydrogen-bond acceptors (Lipinski definition) is 8. The zero-order valence-corrected chi connectivity index (χ0v) is 11.9. The van der Waals surface area contributed by atoms with Crippen LogP contribution in [0.15, 0.2) is 18.7 Å². The Kier molecular flexibility index (Phi) is 5.02. The lowest BCUT2D eigenvalue weighted by Gasteiger charge is -2.09. The fourth-order valence-electron chi connectivity index (χ4n) is 1.55. The van der Waals surface area contributed by atoms with Crippen LogP contribution < -0.4 is 10.6 Å². The summed E-state index contributed by atoms with van der Waals surface area (Å²) in [4.78, 5) is 27.8. The van der Waals surface area contributed by atoms with Crippen molar-refractivity contribution in [2.75, 3.05) is 30.8 Å². The highest BCUT2D eigenvalue weighted by Crippen LogP contribution is 2.09. The number of nitrogens with zero attached hydrogens (tertiary/aromatic N) is 5. The molecule has 0 amide bonds. The molecular weight excluding hydrogens is 274 g/mol. The minimum absolute atomic E-state index is 0.235. The molecule has 0 unspecified atom stereocenters. The molecule has 2 heterocycles. The zero-order valence-electron chi connectivity index (χ0n) is 11.9. The van der Waals surface area contributed by atoms with Gasteiger partial charge in [0.1, 0.15) is 6.33 Å². The first-order valence-electron chi connectivity index (χ1n) is 6.52. The van der Waals surface area contributed by atoms with Crippen LogP contribution in [0.25, 0.3) is 5.95 Å². The molecular formula is C12H17N7O2. The van der Waals surface area contributed by atoms with Crippen LogP contribution in [-0.2, 0) is 9.53 Å². The normalized spacial score (nSPS) is 10.2. The van der Waals surface area contributed by atoms with Crippen LogP contribution in [0.2, 0.25) is 0 Å². The van der Waals surface area contributed by atoms with E-state index in [2.05, 4.69) is 35.3 Å². The molecule has 0 radical (unpaired) electrons. The minimum Gasteiger partial charge on any atom is -0.469 e. The predicted octanol–water partition coefficient (Wildman–Crippen LogP) is 0.464. The molecule has 0 atom stereocenters. The number of rotatable bonds is 7. The van der Waals surface area contributed by atoms with Crippen molar-refractivity contribution in [2.45, 2.75) is 13.3 Å². The van der Waals surface area contributed by atoms with E-state index >= 15 is 0 Å². The topological polar surface area (TPSA) is 107 Å². The molecule has 0 aliphatic heterocycles. The van der Waals surface area contributed by atoms with Gasteiger partial charge in [0, 0.05) is 25.5 Å². The molecule has 0 saturated carbocycles. The summed E-state index contributed by atoms with van der Waals surface area (Å²) in [5.41, 5.74) is 0. The first kappa shape index (κ1) is 14.7. The highest BCUT2D eigenvalue weighted by molar-refractivity contribution is 5.69. The van der Waals surface area contributed by atoms with Crippen LogP contribution in [0.1, 0.15) is 13.3 Å². The van der Waals surface area contributed by atoms with Gasteiger partial charge in [0.15, 0.2) is 0 Å². The van der Waals surface area contributed by atoms with Gasteiger partial charge in [-0.2, -0.15) is 15.0 Å². The Bertz CT molecular complexity index is 585. The molecule has 21 heavy (non-hydrogen) atoms. The maximum atomic E-state index is 11.1. The average molecular weight is 291 g/mol. The van der Waals surface area contributed by atoms with Crippen molar-refractivity contribution in [1.82, 2.24) is 24.5 Å². The Hall–Kier alpha value is -2.71. The highest BCUT2D eigenvalue weighted by Gasteiger charge is 2.08. The van der Waals surface area contributed by atoms with Crippen LogP contribution >= 0.6 is 0 Å². The number of esters is 1. The highest BCUT2D eigenvalue weighted by atomic mass is 16.5. The maximum absolute atomic E-state index is 11.1. The first-order chi connectivity index (χ1) is 10.2. The number of hydrogen-bond donors (Lipinski definition) is 2. The predicted molar refractivity (Wildman–Crippen MR) is 76.2 cm³/mol. The van der Waals surface area contributed by atoms with Gasteiger partial charge in [-0.1, -0.05) is 0 Å². The van der Waals surface area contributed by atoms with E-state index in [1.54, 1.807) is 23.3 Å². The number of aromatic nitrogens is 5. The Morgan fingerprint density at radius 2 is 2.05 bits per heavy atom. The van der Waals surface area contributed by atoms with E-state index in [0.29, 0.717) is 30.9 Å². The van der Waals surface area contributed by atoms with Crippen molar-refractivity contribution >= 4 is 17.9 Å². The van der Waals surface area contributed by atoms with Gasteiger partial charge in [0.25, 0.3) is 0 Å². The van der Waals surface area contributed by atoms with Gasteiger partial charge in [0.2, 0.25) is 17.8 Å². The summed E-state index contributed by atoms with van der Waals surface area (Å²) >= 11 is 0. The molecule has 0 aliphatic rings. The third-order valence-electron chi connectivity index (χ3n) is 2.53. The second kappa shape index (κ2) is 7.17. The number of anilines is 2. The van der Waals surface area contributed by atoms with Crippen LogP contribution in [0.4, 0.5) is 11.9 Å². The average Bonchev–Trinajstić information content (AvgIpc) is 3.01. The summed E-state index contributed by atoms with van der Waals surface area (Å²) in [6.07, 6.45) is 5.22. The van der Waals surface area contributed by atoms with Gasteiger partial charge >= 0.3 is 5.97 Å². The van der Waals surface area contributed by atoms with E-state index in [-0.39, 0.29) is 12.4 Å². The summed E-state index contributed by atoms with van der Waals surface area (Å²) in [5, 5.41) is 6.01. The lowest BCUT2D eigenvalue weighted by atomic mass is 10.4. The monoisotopic (exact) mass is 291 g/mol. The first-order valence-corrected chi connectivity index (χ1v) is 6.52. The zero-order chi connectivity index (χ0) is 15.1. The van der Waals surface area contributed by atoms with Gasteiger partial charge in [-0.3, -0.25) is 9.36 Å². The van der Waals surface area contributed by atoms with Gasteiger partial charge < -0.3 is 15.4 Å². The number of imidazole rings is 1. The third kappa shape index (κ3) is 4.13. The molecule has 2 aromatic heterocycles. The second-order valence-corrected chi connectivity index (χ2v) is 4.04. The van der Waals surface area contributed by atoms with Gasteiger partial charge in [-0.05, 0) is 6.92 Å². The van der Waals surface area contributed by atoms with Crippen molar-refractivity contribution in [1.29, 1.82) is 0 Å². The molecule has 0 bridgehead atoms. The molecule has 0 aromatic carbocycles. The number of ether oxygens (including phenoxy) is 1. The van der Waals surface area contributed by atoms with Crippen LogP contribution in [0.3, 0.4) is 0 Å². The summed E-state index contributed by atoms with van der Waals surface area (Å²) in [5.74, 6) is 0.989. The molecule has 112 valence electrons. The largest absolute Gasteiger partial charge is 0.469 e. The summed E-state index contributed by atoms with van der Waals surface area (Å²) < 4.78 is 6.25. The smallest absolute Gasteiger partial charge is 0.307 e. The van der Waals surface area contributed by atoms with Gasteiger partial charge in [-0.25, -0.2) is 4.98 Å². The summed E-state index contributed by atoms with van der Waals surface area (Å²) in [6, 6.07) is 0. The Morgan fingerprint density at radius 1 is 1.29 bits per heavy atom. The van der Waals surface area contributed by atoms with E-state index in [1.165, 1.54) is 7.11 Å². The SMILES string of the molecule is CCNc1nc(NCCC(=O)OC)nc(-n2ccnc2)n1. The van der Waals surface area contributed by atoms with E-state index in [9.17, 15) is 4.79 Å². The molecule has 2 rings (SSSR count). The Morgan fingerprint density at radius 3 is 2.67 bits per heavy atom. The Balaban J connectivity index is 2.14. The third-order valence-corrected chi connectivity index (χ3v) is 2.53. The molecule has 0 fully saturated rings. The standard InChI is InChI=1S/C12H17N7O2/c1-3-14-10-16-11(15-5-4-9(20)21-2)18-12(17-10)19-7-6-13-8-19/h6-8H,3-5H2,1-2H3,(H2,14,15,16,17,18). The quantitative estimate of drug-likeness (QED) is 0.709. The Labute approximate surface area is 121 Å². The van der Waals surface area contributed by atoms with Crippen LogP contribution in [-0.4, -0.2) is 50.7 Å². The maximum Gasteiger partial charge on any atom is 0.307 e. The lowest BCUT2D eigenvalue weighted by molar-refractivity contribution is -0.140. The number of nitrogens with one attached hydrogen (secondary N) is 2. The second-order valence-electron chi connectivity index (χ2n) is 4.04. The van der Waals surface area contributed by atoms with E-state index in [4.69, 9.17) is 0 Å². The summed E-state index contributed by atoms with van der Waals surface area (Å²) in [7, 11) is 1.35. The fourth-order valence-corrected chi connectivity index (χ4v) is 1.55. The van der Waals surface area contributed by atoms with E-state index in [0.717, 1.165) is 0 Å².